The third kappa shape index (κ3) is 6.15. The van der Waals surface area contributed by atoms with Crippen molar-refractivity contribution in [1.82, 2.24) is 5.16 Å². The normalized spacial score (nSPS) is 23.1. The lowest BCUT2D eigenvalue weighted by atomic mass is 9.51. The number of carbonyl (C=O) groups is 5. The smallest absolute Gasteiger partial charge is 0.424 e. The van der Waals surface area contributed by atoms with Crippen LogP contribution in [0.1, 0.15) is 98.1 Å². The van der Waals surface area contributed by atoms with Crippen LogP contribution >= 0.6 is 0 Å². The van der Waals surface area contributed by atoms with Gasteiger partial charge in [0, 0.05) is 12.0 Å². The molecule has 1 saturated carbocycles. The van der Waals surface area contributed by atoms with E-state index in [1.54, 1.807) is 67.5 Å². The van der Waals surface area contributed by atoms with Gasteiger partial charge in [-0.15, -0.1) is 0 Å². The van der Waals surface area contributed by atoms with Gasteiger partial charge in [-0.2, -0.15) is 4.90 Å². The zero-order valence-electron chi connectivity index (χ0n) is 29.2. The predicted molar refractivity (Wildman–Crippen MR) is 178 cm³/mol. The van der Waals surface area contributed by atoms with E-state index in [1.807, 2.05) is 30.3 Å². The van der Waals surface area contributed by atoms with Crippen molar-refractivity contribution in [2.24, 2.45) is 23.2 Å². The van der Waals surface area contributed by atoms with Crippen LogP contribution in [-0.4, -0.2) is 45.9 Å². The standard InChI is InChI=1S/C38H42N2O9/c1-20-14-25(40(34(44)47-36(2,3)4)35(45)48-37(5,6)7)17-23-15-22-16-24-18-26-29(33(39-49-26)46-19-21-12-10-9-11-13-21)32(43)38(24,8)31(42)28(22)30(41)27(20)23/h9-14,17,22,24,28H,15-16,18-19H2,1-8H3. The zero-order chi connectivity index (χ0) is 35.6. The highest BCUT2D eigenvalue weighted by atomic mass is 16.6. The summed E-state index contributed by atoms with van der Waals surface area (Å²) in [5, 5.41) is 4.05. The van der Waals surface area contributed by atoms with Crippen LogP contribution < -0.4 is 9.64 Å². The predicted octanol–water partition coefficient (Wildman–Crippen LogP) is 7.24. The van der Waals surface area contributed by atoms with E-state index in [2.05, 4.69) is 5.16 Å². The summed E-state index contributed by atoms with van der Waals surface area (Å²) >= 11 is 0. The fourth-order valence-corrected chi connectivity index (χ4v) is 7.39. The molecule has 6 rings (SSSR count). The number of aryl methyl sites for hydroxylation is 1. The molecule has 4 atom stereocenters. The van der Waals surface area contributed by atoms with E-state index in [9.17, 15) is 24.0 Å². The van der Waals surface area contributed by atoms with Gasteiger partial charge in [-0.05, 0) is 114 Å². The third-order valence-electron chi connectivity index (χ3n) is 9.57. The molecule has 49 heavy (non-hydrogen) atoms. The minimum absolute atomic E-state index is 0.0432. The first-order valence-corrected chi connectivity index (χ1v) is 16.6. The summed E-state index contributed by atoms with van der Waals surface area (Å²) < 4.78 is 22.6. The molecule has 4 unspecified atom stereocenters. The number of hydrogen-bond acceptors (Lipinski definition) is 10. The van der Waals surface area contributed by atoms with Crippen molar-refractivity contribution in [2.75, 3.05) is 4.90 Å². The molecular weight excluding hydrogens is 628 g/mol. The number of anilines is 1. The van der Waals surface area contributed by atoms with Crippen LogP contribution in [0.4, 0.5) is 15.3 Å². The average molecular weight is 671 g/mol. The number of ether oxygens (including phenoxy) is 3. The molecule has 3 aliphatic rings. The Balaban J connectivity index is 1.32. The lowest BCUT2D eigenvalue weighted by molar-refractivity contribution is -0.137. The first-order chi connectivity index (χ1) is 22.9. The molecular formula is C38H42N2O9. The van der Waals surface area contributed by atoms with Crippen LogP contribution in [0, 0.1) is 30.1 Å². The summed E-state index contributed by atoms with van der Waals surface area (Å²) in [5.74, 6) is -2.66. The number of Topliss-reactive ketones (excluding diaryl/α,β-unsaturated/α-hetero) is 3. The molecule has 3 aliphatic carbocycles. The molecule has 0 bridgehead atoms. The molecule has 0 spiro atoms. The first-order valence-electron chi connectivity index (χ1n) is 16.6. The highest BCUT2D eigenvalue weighted by Gasteiger charge is 2.62. The van der Waals surface area contributed by atoms with E-state index in [0.29, 0.717) is 41.7 Å². The molecule has 1 fully saturated rings. The van der Waals surface area contributed by atoms with Crippen molar-refractivity contribution in [3.05, 3.63) is 76.0 Å². The second-order valence-corrected chi connectivity index (χ2v) is 15.5. The number of hydrogen-bond donors (Lipinski definition) is 0. The summed E-state index contributed by atoms with van der Waals surface area (Å²) in [6.45, 7) is 13.7. The summed E-state index contributed by atoms with van der Waals surface area (Å²) in [4.78, 5) is 70.5. The Morgan fingerprint density at radius 2 is 1.57 bits per heavy atom. The number of amides is 2. The van der Waals surface area contributed by atoms with Crippen LogP contribution in [0.3, 0.4) is 0 Å². The van der Waals surface area contributed by atoms with Gasteiger partial charge in [0.2, 0.25) is 0 Å². The zero-order valence-corrected chi connectivity index (χ0v) is 29.2. The summed E-state index contributed by atoms with van der Waals surface area (Å²) in [5.41, 5.74) is -0.563. The topological polar surface area (TPSA) is 142 Å². The van der Waals surface area contributed by atoms with Crippen LogP contribution in [-0.2, 0) is 33.7 Å². The molecule has 0 N–H and O–H groups in total. The Labute approximate surface area is 285 Å². The van der Waals surface area contributed by atoms with Crippen LogP contribution in [0.15, 0.2) is 47.0 Å². The van der Waals surface area contributed by atoms with Gasteiger partial charge in [0.1, 0.15) is 23.4 Å². The van der Waals surface area contributed by atoms with Gasteiger partial charge in [-0.3, -0.25) is 14.4 Å². The van der Waals surface area contributed by atoms with Crippen molar-refractivity contribution in [1.29, 1.82) is 0 Å². The molecule has 11 heteroatoms. The lowest BCUT2D eigenvalue weighted by Gasteiger charge is -2.48. The molecule has 0 saturated heterocycles. The monoisotopic (exact) mass is 670 g/mol. The summed E-state index contributed by atoms with van der Waals surface area (Å²) in [6, 6.07) is 12.6. The second kappa shape index (κ2) is 12.0. The van der Waals surface area contributed by atoms with E-state index in [-0.39, 0.29) is 29.5 Å². The van der Waals surface area contributed by atoms with E-state index >= 15 is 0 Å². The van der Waals surface area contributed by atoms with Crippen molar-refractivity contribution in [3.63, 3.8) is 0 Å². The van der Waals surface area contributed by atoms with Crippen molar-refractivity contribution < 1.29 is 42.7 Å². The molecule has 2 amide bonds. The molecule has 0 aliphatic heterocycles. The molecule has 1 heterocycles. The maximum Gasteiger partial charge on any atom is 0.424 e. The van der Waals surface area contributed by atoms with Gasteiger partial charge in [0.25, 0.3) is 5.88 Å². The van der Waals surface area contributed by atoms with Crippen LogP contribution in [0.5, 0.6) is 5.88 Å². The minimum Gasteiger partial charge on any atom is -0.470 e. The number of benzene rings is 2. The Morgan fingerprint density at radius 1 is 0.939 bits per heavy atom. The van der Waals surface area contributed by atoms with Gasteiger partial charge in [0.05, 0.1) is 17.0 Å². The van der Waals surface area contributed by atoms with Crippen LogP contribution in [0.2, 0.25) is 0 Å². The SMILES string of the molecule is Cc1cc(N(C(=O)OC(C)(C)C)C(=O)OC(C)(C)C)cc2c1C(=O)C1C(=O)C3(C)C(=O)c4c(OCc5ccccc5)noc4CC3CC1C2. The number of ketones is 3. The van der Waals surface area contributed by atoms with Gasteiger partial charge >= 0.3 is 12.2 Å². The molecule has 0 radical (unpaired) electrons. The quantitative estimate of drug-likeness (QED) is 0.261. The molecule has 1 aromatic heterocycles. The van der Waals surface area contributed by atoms with E-state index < -0.39 is 58.1 Å². The summed E-state index contributed by atoms with van der Waals surface area (Å²) in [6.07, 6.45) is -0.798. The fourth-order valence-electron chi connectivity index (χ4n) is 7.39. The van der Waals surface area contributed by atoms with Gasteiger partial charge < -0.3 is 18.7 Å². The largest absolute Gasteiger partial charge is 0.470 e. The van der Waals surface area contributed by atoms with E-state index in [4.69, 9.17) is 18.7 Å². The molecule has 2 aromatic carbocycles. The Hall–Kier alpha value is -4.80. The molecule has 3 aromatic rings. The fraction of sp³-hybridized carbons (Fsp3) is 0.474. The highest BCUT2D eigenvalue weighted by molar-refractivity contribution is 6.24. The average Bonchev–Trinajstić information content (AvgIpc) is 3.39. The van der Waals surface area contributed by atoms with Gasteiger partial charge in [0.15, 0.2) is 23.1 Å². The number of rotatable bonds is 4. The maximum absolute atomic E-state index is 14.4. The highest BCUT2D eigenvalue weighted by Crippen LogP contribution is 2.54. The second-order valence-electron chi connectivity index (χ2n) is 15.5. The Bertz CT molecular complexity index is 1840. The molecule has 11 nitrogen and oxygen atoms in total. The minimum atomic E-state index is -1.46. The number of aromatic nitrogens is 1. The van der Waals surface area contributed by atoms with E-state index in [0.717, 1.165) is 10.5 Å². The van der Waals surface area contributed by atoms with Crippen molar-refractivity contribution in [3.8, 4) is 5.88 Å². The number of nitrogens with zero attached hydrogens (tertiary/aromatic N) is 2. The van der Waals surface area contributed by atoms with Crippen molar-refractivity contribution in [2.45, 2.75) is 92.5 Å². The maximum atomic E-state index is 14.4. The summed E-state index contributed by atoms with van der Waals surface area (Å²) in [7, 11) is 0. The number of imide groups is 1. The van der Waals surface area contributed by atoms with Crippen molar-refractivity contribution >= 4 is 35.2 Å². The molecule has 258 valence electrons. The number of fused-ring (bicyclic) bond motifs is 4. The number of carbonyl (C=O) groups excluding carboxylic acids is 5. The first kappa shape index (κ1) is 34.1. The Kier molecular flexibility index (Phi) is 8.32. The Morgan fingerprint density at radius 3 is 2.18 bits per heavy atom. The third-order valence-corrected chi connectivity index (χ3v) is 9.57. The van der Waals surface area contributed by atoms with Gasteiger partial charge in [-0.25, -0.2) is 9.59 Å². The lowest BCUT2D eigenvalue weighted by Crippen LogP contribution is -2.58. The van der Waals surface area contributed by atoms with Gasteiger partial charge in [-0.1, -0.05) is 30.3 Å². The van der Waals surface area contributed by atoms with E-state index in [1.165, 1.54) is 0 Å². The van der Waals surface area contributed by atoms with Crippen LogP contribution in [0.25, 0.3) is 0 Å².